The highest BCUT2D eigenvalue weighted by molar-refractivity contribution is 6.30. The molecule has 0 aromatic heterocycles. The second-order valence-electron chi connectivity index (χ2n) is 6.33. The number of carbonyl (C=O) groups excluding carboxylic acids is 3. The summed E-state index contributed by atoms with van der Waals surface area (Å²) in [7, 11) is 0. The molecule has 0 bridgehead atoms. The van der Waals surface area contributed by atoms with Gasteiger partial charge in [0, 0.05) is 29.7 Å². The third-order valence-electron chi connectivity index (χ3n) is 3.77. The maximum atomic E-state index is 11.9. The molecule has 0 radical (unpaired) electrons. The fourth-order valence-electron chi connectivity index (χ4n) is 2.43. The number of carbonyl (C=O) groups is 3. The molecule has 7 nitrogen and oxygen atoms in total. The normalized spacial score (nSPS) is 10.2. The molecular weight excluding hydrogens is 396 g/mol. The van der Waals surface area contributed by atoms with Crippen LogP contribution in [-0.4, -0.2) is 31.0 Å². The average molecular weight is 419 g/mol. The van der Waals surface area contributed by atoms with Crippen molar-refractivity contribution < 1.29 is 23.9 Å². The summed E-state index contributed by atoms with van der Waals surface area (Å²) in [5.41, 5.74) is 2.08. The van der Waals surface area contributed by atoms with Crippen LogP contribution in [0.2, 0.25) is 5.02 Å². The summed E-state index contributed by atoms with van der Waals surface area (Å²) in [6, 6.07) is 11.9. The van der Waals surface area contributed by atoms with Crippen molar-refractivity contribution in [2.24, 2.45) is 0 Å². The Labute approximate surface area is 174 Å². The van der Waals surface area contributed by atoms with Gasteiger partial charge >= 0.3 is 5.97 Å². The smallest absolute Gasteiger partial charge is 0.306 e. The minimum Gasteiger partial charge on any atom is -0.493 e. The van der Waals surface area contributed by atoms with Crippen LogP contribution < -0.4 is 15.4 Å². The van der Waals surface area contributed by atoms with E-state index in [0.717, 1.165) is 5.56 Å². The molecular formula is C21H23ClN2O5. The number of hydrogen-bond acceptors (Lipinski definition) is 5. The summed E-state index contributed by atoms with van der Waals surface area (Å²) in [5.74, 6) is -0.384. The lowest BCUT2D eigenvalue weighted by Crippen LogP contribution is -2.21. The third kappa shape index (κ3) is 8.23. The second kappa shape index (κ2) is 11.1. The quantitative estimate of drug-likeness (QED) is 0.475. The van der Waals surface area contributed by atoms with Crippen molar-refractivity contribution in [1.82, 2.24) is 0 Å². The Morgan fingerprint density at radius 1 is 1.00 bits per heavy atom. The summed E-state index contributed by atoms with van der Waals surface area (Å²) >= 11 is 5.89. The number of amides is 2. The second-order valence-corrected chi connectivity index (χ2v) is 6.77. The van der Waals surface area contributed by atoms with E-state index >= 15 is 0 Å². The Balaban J connectivity index is 1.64. The van der Waals surface area contributed by atoms with E-state index < -0.39 is 11.9 Å². The van der Waals surface area contributed by atoms with Gasteiger partial charge in [-0.25, -0.2) is 0 Å². The van der Waals surface area contributed by atoms with Crippen LogP contribution in [0, 0.1) is 6.92 Å². The Kier molecular flexibility index (Phi) is 8.48. The number of esters is 1. The van der Waals surface area contributed by atoms with Crippen LogP contribution in [-0.2, 0) is 19.1 Å². The maximum Gasteiger partial charge on any atom is 0.306 e. The van der Waals surface area contributed by atoms with Crippen molar-refractivity contribution in [2.45, 2.75) is 26.7 Å². The van der Waals surface area contributed by atoms with E-state index in [1.54, 1.807) is 42.5 Å². The SMILES string of the molecule is CC(=O)Nc1ccc(NC(=O)COC(=O)CCCOc2ccc(Cl)cc2C)cc1. The molecule has 0 aliphatic rings. The molecule has 2 rings (SSSR count). The van der Waals surface area contributed by atoms with E-state index in [2.05, 4.69) is 10.6 Å². The van der Waals surface area contributed by atoms with Crippen LogP contribution in [0.5, 0.6) is 5.75 Å². The lowest BCUT2D eigenvalue weighted by atomic mass is 10.2. The lowest BCUT2D eigenvalue weighted by molar-refractivity contribution is -0.147. The number of hydrogen-bond donors (Lipinski definition) is 2. The molecule has 0 atom stereocenters. The molecule has 0 fully saturated rings. The molecule has 0 unspecified atom stereocenters. The monoisotopic (exact) mass is 418 g/mol. The Morgan fingerprint density at radius 3 is 2.28 bits per heavy atom. The van der Waals surface area contributed by atoms with Gasteiger partial charge in [-0.15, -0.1) is 0 Å². The summed E-state index contributed by atoms with van der Waals surface area (Å²) in [5, 5.41) is 5.88. The highest BCUT2D eigenvalue weighted by atomic mass is 35.5. The van der Waals surface area contributed by atoms with E-state index in [-0.39, 0.29) is 18.9 Å². The van der Waals surface area contributed by atoms with Crippen LogP contribution >= 0.6 is 11.6 Å². The van der Waals surface area contributed by atoms with Gasteiger partial charge in [-0.3, -0.25) is 14.4 Å². The van der Waals surface area contributed by atoms with Gasteiger partial charge in [0.15, 0.2) is 6.61 Å². The van der Waals surface area contributed by atoms with Crippen LogP contribution in [0.1, 0.15) is 25.3 Å². The molecule has 29 heavy (non-hydrogen) atoms. The molecule has 0 aliphatic heterocycles. The van der Waals surface area contributed by atoms with Crippen molar-refractivity contribution in [1.29, 1.82) is 0 Å². The molecule has 154 valence electrons. The van der Waals surface area contributed by atoms with Crippen LogP contribution in [0.3, 0.4) is 0 Å². The summed E-state index contributed by atoms with van der Waals surface area (Å²) in [6.45, 7) is 3.28. The third-order valence-corrected chi connectivity index (χ3v) is 4.01. The number of benzene rings is 2. The van der Waals surface area contributed by atoms with Crippen molar-refractivity contribution in [3.8, 4) is 5.75 Å². The predicted octanol–water partition coefficient (Wildman–Crippen LogP) is 3.95. The summed E-state index contributed by atoms with van der Waals surface area (Å²) in [6.07, 6.45) is 0.610. The molecule has 2 aromatic rings. The first-order valence-electron chi connectivity index (χ1n) is 9.05. The van der Waals surface area contributed by atoms with E-state index in [1.165, 1.54) is 6.92 Å². The zero-order valence-corrected chi connectivity index (χ0v) is 17.0. The van der Waals surface area contributed by atoms with Gasteiger partial charge in [0.25, 0.3) is 5.91 Å². The summed E-state index contributed by atoms with van der Waals surface area (Å²) < 4.78 is 10.6. The number of rotatable bonds is 9. The fourth-order valence-corrected chi connectivity index (χ4v) is 2.66. The van der Waals surface area contributed by atoms with Crippen molar-refractivity contribution >= 4 is 40.8 Å². The number of aryl methyl sites for hydroxylation is 1. The van der Waals surface area contributed by atoms with Crippen molar-refractivity contribution in [3.05, 3.63) is 53.1 Å². The number of anilines is 2. The van der Waals surface area contributed by atoms with Gasteiger partial charge in [0.1, 0.15) is 5.75 Å². The fraction of sp³-hybridized carbons (Fsp3) is 0.286. The zero-order valence-electron chi connectivity index (χ0n) is 16.3. The standard InChI is InChI=1S/C21H23ClN2O5/c1-14-12-16(22)5-10-19(14)28-11-3-4-21(27)29-13-20(26)24-18-8-6-17(7-9-18)23-15(2)25/h5-10,12H,3-4,11,13H2,1-2H3,(H,23,25)(H,24,26). The van der Waals surface area contributed by atoms with Crippen LogP contribution in [0.4, 0.5) is 11.4 Å². The molecule has 0 saturated carbocycles. The molecule has 0 aliphatic carbocycles. The van der Waals surface area contributed by atoms with Gasteiger partial charge in [-0.2, -0.15) is 0 Å². The molecule has 0 heterocycles. The zero-order chi connectivity index (χ0) is 21.2. The van der Waals surface area contributed by atoms with E-state index in [1.807, 2.05) is 6.92 Å². The number of ether oxygens (including phenoxy) is 2. The first kappa shape index (κ1) is 22.2. The van der Waals surface area contributed by atoms with Gasteiger partial charge in [0.2, 0.25) is 5.91 Å². The summed E-state index contributed by atoms with van der Waals surface area (Å²) in [4.78, 5) is 34.6. The van der Waals surface area contributed by atoms with Gasteiger partial charge in [-0.05, 0) is 61.4 Å². The average Bonchev–Trinajstić information content (AvgIpc) is 2.66. The predicted molar refractivity (Wildman–Crippen MR) is 111 cm³/mol. The van der Waals surface area contributed by atoms with Gasteiger partial charge < -0.3 is 20.1 Å². The van der Waals surface area contributed by atoms with Crippen molar-refractivity contribution in [2.75, 3.05) is 23.8 Å². The molecule has 2 amide bonds. The minimum absolute atomic E-state index is 0.144. The maximum absolute atomic E-state index is 11.9. The molecule has 0 spiro atoms. The number of nitrogens with one attached hydrogen (secondary N) is 2. The van der Waals surface area contributed by atoms with Crippen LogP contribution in [0.25, 0.3) is 0 Å². The van der Waals surface area contributed by atoms with Crippen LogP contribution in [0.15, 0.2) is 42.5 Å². The van der Waals surface area contributed by atoms with E-state index in [0.29, 0.717) is 35.2 Å². The largest absolute Gasteiger partial charge is 0.493 e. The van der Waals surface area contributed by atoms with E-state index in [9.17, 15) is 14.4 Å². The van der Waals surface area contributed by atoms with E-state index in [4.69, 9.17) is 21.1 Å². The highest BCUT2D eigenvalue weighted by Crippen LogP contribution is 2.22. The first-order valence-corrected chi connectivity index (χ1v) is 9.43. The molecule has 8 heteroatoms. The molecule has 2 aromatic carbocycles. The first-order chi connectivity index (χ1) is 13.8. The Morgan fingerprint density at radius 2 is 1.66 bits per heavy atom. The topological polar surface area (TPSA) is 93.7 Å². The lowest BCUT2D eigenvalue weighted by Gasteiger charge is -2.10. The van der Waals surface area contributed by atoms with Crippen molar-refractivity contribution in [3.63, 3.8) is 0 Å². The van der Waals surface area contributed by atoms with Gasteiger partial charge in [0.05, 0.1) is 6.61 Å². The highest BCUT2D eigenvalue weighted by Gasteiger charge is 2.09. The minimum atomic E-state index is -0.474. The van der Waals surface area contributed by atoms with Gasteiger partial charge in [-0.1, -0.05) is 11.6 Å². The molecule has 2 N–H and O–H groups in total. The molecule has 0 saturated heterocycles. The Hall–Kier alpha value is -3.06. The number of halogens is 1. The Bertz CT molecular complexity index is 868.